The van der Waals surface area contributed by atoms with Crippen molar-refractivity contribution >= 4 is 64.3 Å². The third-order valence-electron chi connectivity index (χ3n) is 5.83. The third kappa shape index (κ3) is 9.36. The zero-order chi connectivity index (χ0) is 33.2. The van der Waals surface area contributed by atoms with Crippen LogP contribution in [-0.4, -0.2) is 55.6 Å². The fourth-order valence-corrected chi connectivity index (χ4v) is 5.79. The van der Waals surface area contributed by atoms with Crippen molar-refractivity contribution < 1.29 is 84.4 Å². The molecule has 4 rings (SSSR count). The maximum Gasteiger partial charge on any atom is 1.00 e. The van der Waals surface area contributed by atoms with Crippen molar-refractivity contribution in [1.29, 1.82) is 0 Å². The van der Waals surface area contributed by atoms with Gasteiger partial charge in [-0.15, -0.1) is 0 Å². The normalized spacial score (nSPS) is 11.5. The van der Waals surface area contributed by atoms with Crippen LogP contribution < -0.4 is 40.6 Å². The first-order valence-corrected chi connectivity index (χ1v) is 16.0. The van der Waals surface area contributed by atoms with Gasteiger partial charge >= 0.3 is 29.6 Å². The van der Waals surface area contributed by atoms with E-state index in [-0.39, 0.29) is 53.2 Å². The van der Waals surface area contributed by atoms with Crippen LogP contribution in [-0.2, 0) is 30.4 Å². The van der Waals surface area contributed by atoms with E-state index in [1.165, 1.54) is 30.3 Å². The Bertz CT molecular complexity index is 2180. The number of hydrogen-bond donors (Lipinski definition) is 5. The first-order valence-electron chi connectivity index (χ1n) is 11.7. The second kappa shape index (κ2) is 14.1. The van der Waals surface area contributed by atoms with Crippen LogP contribution in [0.5, 0.6) is 0 Å². The van der Waals surface area contributed by atoms with E-state index < -0.39 is 67.2 Å². The minimum Gasteiger partial charge on any atom is -1.00 e. The number of nitro benzene ring substituents is 1. The molecule has 4 aromatic carbocycles. The SMILES string of the molecule is Cc1ccc(C(N)=O)cc1NC(=O)c1cccc([N+](=O)[O-])c1.O=S(=O)(O)c1cc(S(=O)(=O)O)c2cccc(S(=O)(=O)O)c2c1.[H-].[Na+]. The molecule has 0 radical (unpaired) electrons. The van der Waals surface area contributed by atoms with Crippen LogP contribution in [0.2, 0.25) is 0 Å². The summed E-state index contributed by atoms with van der Waals surface area (Å²) < 4.78 is 95.0. The predicted octanol–water partition coefficient (Wildman–Crippen LogP) is -0.0492. The molecule has 4 aromatic rings. The maximum atomic E-state index is 12.2. The number of carbonyl (C=O) groups is 2. The molecule has 0 fully saturated rings. The molecule has 0 heterocycles. The Morgan fingerprint density at radius 3 is 1.91 bits per heavy atom. The summed E-state index contributed by atoms with van der Waals surface area (Å²) in [6.07, 6.45) is 0. The molecular formula is C25H22N3NaO13S3. The average molecular weight is 692 g/mol. The van der Waals surface area contributed by atoms with Gasteiger partial charge in [0.2, 0.25) is 5.91 Å². The predicted molar refractivity (Wildman–Crippen MR) is 155 cm³/mol. The van der Waals surface area contributed by atoms with Crippen LogP contribution in [0.25, 0.3) is 10.8 Å². The molecule has 0 unspecified atom stereocenters. The summed E-state index contributed by atoms with van der Waals surface area (Å²) in [4.78, 5) is 30.8. The number of fused-ring (bicyclic) bond motifs is 1. The molecule has 0 spiro atoms. The molecule has 16 nitrogen and oxygen atoms in total. The number of primary amides is 1. The van der Waals surface area contributed by atoms with Crippen molar-refractivity contribution in [2.24, 2.45) is 5.73 Å². The van der Waals surface area contributed by atoms with Gasteiger partial charge in [-0.05, 0) is 48.9 Å². The standard InChI is InChI=1S/C15H13N3O4.C10H8O9S3.Na.H/c1-9-5-6-10(14(16)19)8-13(9)17-15(20)11-3-2-4-12(7-11)18(21)22;11-20(12,13)6-4-8-7(10(5-6)22(17,18)19)2-1-3-9(8)21(14,15)16;;/h2-8H,1H3,(H2,16,19)(H,17,20);1-5H,(H,11,12,13)(H,14,15,16)(H,17,18,19);;/q;;+1;-1. The summed E-state index contributed by atoms with van der Waals surface area (Å²) in [5.74, 6) is -1.11. The van der Waals surface area contributed by atoms with E-state index in [9.17, 15) is 45.0 Å². The Morgan fingerprint density at radius 1 is 0.778 bits per heavy atom. The number of benzene rings is 4. The number of nitro groups is 1. The minimum atomic E-state index is -4.93. The molecular weight excluding hydrogens is 669 g/mol. The van der Waals surface area contributed by atoms with Gasteiger partial charge in [0, 0.05) is 39.7 Å². The van der Waals surface area contributed by atoms with Crippen molar-refractivity contribution in [3.8, 4) is 0 Å². The number of hydrogen-bond acceptors (Lipinski definition) is 10. The fourth-order valence-electron chi connectivity index (χ4n) is 3.75. The molecule has 2 amide bonds. The molecule has 0 aliphatic heterocycles. The third-order valence-corrected chi connectivity index (χ3v) is 8.47. The van der Waals surface area contributed by atoms with E-state index in [2.05, 4.69) is 5.32 Å². The first kappa shape index (κ1) is 37.4. The van der Waals surface area contributed by atoms with Crippen molar-refractivity contribution in [1.82, 2.24) is 0 Å². The van der Waals surface area contributed by atoms with Gasteiger partial charge in [-0.3, -0.25) is 33.4 Å². The number of aryl methyl sites for hydroxylation is 1. The molecule has 0 saturated carbocycles. The topological polar surface area (TPSA) is 278 Å². The van der Waals surface area contributed by atoms with Gasteiger partial charge in [-0.2, -0.15) is 25.3 Å². The first-order chi connectivity index (χ1) is 20.2. The molecule has 0 saturated heterocycles. The number of nitrogens with two attached hydrogens (primary N) is 1. The smallest absolute Gasteiger partial charge is 1.00 e. The average Bonchev–Trinajstić information content (AvgIpc) is 2.92. The molecule has 6 N–H and O–H groups in total. The van der Waals surface area contributed by atoms with Gasteiger partial charge in [0.25, 0.3) is 41.9 Å². The Labute approximate surface area is 279 Å². The Morgan fingerprint density at radius 2 is 1.38 bits per heavy atom. The van der Waals surface area contributed by atoms with Gasteiger partial charge in [-0.1, -0.05) is 24.3 Å². The van der Waals surface area contributed by atoms with E-state index in [0.29, 0.717) is 17.8 Å². The maximum absolute atomic E-state index is 12.2. The quantitative estimate of drug-likeness (QED) is 0.0737. The number of rotatable bonds is 7. The number of nitrogens with one attached hydrogen (secondary N) is 1. The second-order valence-electron chi connectivity index (χ2n) is 8.85. The van der Waals surface area contributed by atoms with Crippen LogP contribution in [0.3, 0.4) is 0 Å². The Hall–Kier alpha value is -3.79. The van der Waals surface area contributed by atoms with E-state index >= 15 is 0 Å². The molecule has 0 bridgehead atoms. The molecule has 234 valence electrons. The summed E-state index contributed by atoms with van der Waals surface area (Å²) in [6.45, 7) is 1.76. The molecule has 0 atom stereocenters. The summed E-state index contributed by atoms with van der Waals surface area (Å²) in [5, 5.41) is 12.5. The van der Waals surface area contributed by atoms with Crippen LogP contribution in [0.4, 0.5) is 11.4 Å². The Balaban J connectivity index is 0.000000441. The number of nitrogens with zero attached hydrogens (tertiary/aromatic N) is 1. The number of anilines is 1. The Kier molecular flexibility index (Phi) is 11.7. The van der Waals surface area contributed by atoms with Crippen molar-refractivity contribution in [3.63, 3.8) is 0 Å². The van der Waals surface area contributed by atoms with Gasteiger partial charge in [0.1, 0.15) is 9.79 Å². The van der Waals surface area contributed by atoms with Crippen molar-refractivity contribution in [2.45, 2.75) is 21.6 Å². The second-order valence-corrected chi connectivity index (χ2v) is 13.1. The van der Waals surface area contributed by atoms with Crippen LogP contribution in [0, 0.1) is 17.0 Å². The van der Waals surface area contributed by atoms with Crippen molar-refractivity contribution in [2.75, 3.05) is 5.32 Å². The van der Waals surface area contributed by atoms with E-state index in [1.54, 1.807) is 19.1 Å². The van der Waals surface area contributed by atoms with Gasteiger partial charge in [0.15, 0.2) is 0 Å². The zero-order valence-corrected chi connectivity index (χ0v) is 27.6. The van der Waals surface area contributed by atoms with E-state index in [1.807, 2.05) is 0 Å². The number of carbonyl (C=O) groups excluding carboxylic acids is 2. The minimum absolute atomic E-state index is 0. The van der Waals surface area contributed by atoms with Crippen molar-refractivity contribution in [3.05, 3.63) is 99.6 Å². The summed E-state index contributed by atoms with van der Waals surface area (Å²) >= 11 is 0. The van der Waals surface area contributed by atoms with Gasteiger partial charge in [-0.25, -0.2) is 0 Å². The molecule has 0 aliphatic rings. The van der Waals surface area contributed by atoms with E-state index in [0.717, 1.165) is 23.8 Å². The van der Waals surface area contributed by atoms with Crippen LogP contribution in [0.15, 0.2) is 87.5 Å². The summed E-state index contributed by atoms with van der Waals surface area (Å²) in [7, 11) is -14.6. The fraction of sp³-hybridized carbons (Fsp3) is 0.0400. The largest absolute Gasteiger partial charge is 1.00 e. The van der Waals surface area contributed by atoms with Gasteiger partial charge < -0.3 is 12.5 Å². The molecule has 0 aliphatic carbocycles. The monoisotopic (exact) mass is 691 g/mol. The number of non-ortho nitro benzene ring substituents is 1. The van der Waals surface area contributed by atoms with Crippen LogP contribution in [0.1, 0.15) is 27.7 Å². The van der Waals surface area contributed by atoms with Gasteiger partial charge in [0.05, 0.1) is 9.82 Å². The molecule has 0 aromatic heterocycles. The summed E-state index contributed by atoms with van der Waals surface area (Å²) in [6, 6.07) is 14.3. The zero-order valence-electron chi connectivity index (χ0n) is 24.1. The molecule has 20 heteroatoms. The van der Waals surface area contributed by atoms with Crippen LogP contribution >= 0.6 is 0 Å². The molecule has 45 heavy (non-hydrogen) atoms. The van der Waals surface area contributed by atoms with E-state index in [4.69, 9.17) is 19.4 Å². The summed E-state index contributed by atoms with van der Waals surface area (Å²) in [5.41, 5.74) is 6.61. The number of amides is 2.